The Morgan fingerprint density at radius 2 is 1.70 bits per heavy atom. The molecule has 0 saturated carbocycles. The first-order valence-corrected chi connectivity index (χ1v) is 11.2. The molecule has 33 heavy (non-hydrogen) atoms. The van der Waals surface area contributed by atoms with Crippen LogP contribution >= 0.6 is 0 Å². The fourth-order valence-corrected chi connectivity index (χ4v) is 4.28. The topological polar surface area (TPSA) is 57.2 Å². The number of nitrogens with one attached hydrogen (secondary N) is 1. The summed E-state index contributed by atoms with van der Waals surface area (Å²) < 4.78 is 0. The van der Waals surface area contributed by atoms with Gasteiger partial charge in [-0.15, -0.1) is 0 Å². The normalized spacial score (nSPS) is 14.4. The molecule has 0 aliphatic carbocycles. The summed E-state index contributed by atoms with van der Waals surface area (Å²) in [5.41, 5.74) is 7.26. The van der Waals surface area contributed by atoms with E-state index in [1.54, 1.807) is 6.33 Å². The molecule has 4 aromatic rings. The van der Waals surface area contributed by atoms with Crippen LogP contribution in [0.1, 0.15) is 5.56 Å². The second-order valence-corrected chi connectivity index (χ2v) is 8.45. The van der Waals surface area contributed by atoms with Crippen molar-refractivity contribution in [1.82, 2.24) is 24.8 Å². The molecule has 1 N–H and O–H groups in total. The molecular formula is C27H28N6. The van der Waals surface area contributed by atoms with Crippen LogP contribution < -0.4 is 5.32 Å². The zero-order valence-corrected chi connectivity index (χ0v) is 19.1. The van der Waals surface area contributed by atoms with Crippen molar-refractivity contribution in [3.05, 3.63) is 79.3 Å². The zero-order chi connectivity index (χ0) is 22.8. The molecular weight excluding hydrogens is 408 g/mol. The van der Waals surface area contributed by atoms with Gasteiger partial charge in [0, 0.05) is 61.6 Å². The molecule has 0 atom stereocenters. The Morgan fingerprint density at radius 1 is 0.879 bits per heavy atom. The average Bonchev–Trinajstić information content (AvgIpc) is 2.88. The summed E-state index contributed by atoms with van der Waals surface area (Å²) in [5, 5.41) is 4.09. The molecule has 1 aliphatic heterocycles. The number of rotatable bonds is 5. The molecule has 2 aromatic heterocycles. The third-order valence-electron chi connectivity index (χ3n) is 6.34. The van der Waals surface area contributed by atoms with Crippen molar-refractivity contribution in [2.75, 3.05) is 45.6 Å². The lowest BCUT2D eigenvalue weighted by molar-refractivity contribution is 0.207. The SMILES string of the molecule is C=C(c1cccc(-c2ncnc3ccc(-c4ccc(NC)nc4)cc23)c1)N1CCN(C)CC1. The van der Waals surface area contributed by atoms with Crippen LogP contribution in [0.15, 0.2) is 73.7 Å². The molecule has 6 heteroatoms. The molecule has 1 aliphatic rings. The maximum absolute atomic E-state index is 4.68. The highest BCUT2D eigenvalue weighted by atomic mass is 15.2. The van der Waals surface area contributed by atoms with E-state index in [9.17, 15) is 0 Å². The van der Waals surface area contributed by atoms with E-state index in [1.165, 1.54) is 0 Å². The number of benzene rings is 2. The largest absolute Gasteiger partial charge is 0.373 e. The Hall–Kier alpha value is -3.77. The highest BCUT2D eigenvalue weighted by Gasteiger charge is 2.17. The summed E-state index contributed by atoms with van der Waals surface area (Å²) in [7, 11) is 4.04. The quantitative estimate of drug-likeness (QED) is 0.493. The summed E-state index contributed by atoms with van der Waals surface area (Å²) in [4.78, 5) is 18.4. The van der Waals surface area contributed by atoms with E-state index in [1.807, 2.05) is 19.3 Å². The molecule has 6 nitrogen and oxygen atoms in total. The van der Waals surface area contributed by atoms with Gasteiger partial charge in [0.1, 0.15) is 12.1 Å². The van der Waals surface area contributed by atoms with Crippen LogP contribution in [0.2, 0.25) is 0 Å². The van der Waals surface area contributed by atoms with E-state index in [0.29, 0.717) is 0 Å². The second kappa shape index (κ2) is 9.00. The molecule has 1 fully saturated rings. The molecule has 0 spiro atoms. The molecule has 3 heterocycles. The third kappa shape index (κ3) is 4.30. The van der Waals surface area contributed by atoms with Crippen molar-refractivity contribution in [2.24, 2.45) is 0 Å². The highest BCUT2D eigenvalue weighted by molar-refractivity contribution is 5.95. The van der Waals surface area contributed by atoms with E-state index < -0.39 is 0 Å². The van der Waals surface area contributed by atoms with E-state index in [4.69, 9.17) is 0 Å². The van der Waals surface area contributed by atoms with Crippen LogP contribution in [-0.4, -0.2) is 65.0 Å². The molecule has 0 amide bonds. The maximum Gasteiger partial charge on any atom is 0.125 e. The lowest BCUT2D eigenvalue weighted by Gasteiger charge is -2.35. The first kappa shape index (κ1) is 21.1. The number of anilines is 1. The number of likely N-dealkylation sites (N-methyl/N-ethyl adjacent to an activating group) is 1. The van der Waals surface area contributed by atoms with E-state index in [-0.39, 0.29) is 0 Å². The van der Waals surface area contributed by atoms with Gasteiger partial charge in [0.05, 0.1) is 11.2 Å². The summed E-state index contributed by atoms with van der Waals surface area (Å²) in [6.07, 6.45) is 3.53. The monoisotopic (exact) mass is 436 g/mol. The van der Waals surface area contributed by atoms with Crippen LogP contribution in [0.25, 0.3) is 39.0 Å². The second-order valence-electron chi connectivity index (χ2n) is 8.45. The molecule has 5 rings (SSSR count). The summed E-state index contributed by atoms with van der Waals surface area (Å²) in [6, 6.07) is 18.9. The fourth-order valence-electron chi connectivity index (χ4n) is 4.28. The Kier molecular flexibility index (Phi) is 5.75. The van der Waals surface area contributed by atoms with Crippen molar-refractivity contribution < 1.29 is 0 Å². The van der Waals surface area contributed by atoms with Gasteiger partial charge in [0.2, 0.25) is 0 Å². The fraction of sp³-hybridized carbons (Fsp3) is 0.222. The lowest BCUT2D eigenvalue weighted by atomic mass is 9.99. The van der Waals surface area contributed by atoms with Gasteiger partial charge in [-0.3, -0.25) is 0 Å². The zero-order valence-electron chi connectivity index (χ0n) is 19.1. The van der Waals surface area contributed by atoms with Crippen molar-refractivity contribution in [2.45, 2.75) is 0 Å². The summed E-state index contributed by atoms with van der Waals surface area (Å²) in [5.74, 6) is 0.848. The molecule has 166 valence electrons. The van der Waals surface area contributed by atoms with Gasteiger partial charge in [-0.25, -0.2) is 15.0 Å². The van der Waals surface area contributed by atoms with Gasteiger partial charge in [-0.2, -0.15) is 0 Å². The third-order valence-corrected chi connectivity index (χ3v) is 6.34. The minimum absolute atomic E-state index is 0.848. The van der Waals surface area contributed by atoms with Gasteiger partial charge in [-0.05, 0) is 48.5 Å². The first-order chi connectivity index (χ1) is 16.1. The minimum Gasteiger partial charge on any atom is -0.373 e. The van der Waals surface area contributed by atoms with Crippen LogP contribution in [0.3, 0.4) is 0 Å². The Balaban J connectivity index is 1.51. The number of pyridine rings is 1. The average molecular weight is 437 g/mol. The predicted molar refractivity (Wildman–Crippen MR) is 136 cm³/mol. The number of hydrogen-bond acceptors (Lipinski definition) is 6. The lowest BCUT2D eigenvalue weighted by Crippen LogP contribution is -2.43. The van der Waals surface area contributed by atoms with E-state index in [2.05, 4.69) is 92.2 Å². The Labute approximate surface area is 194 Å². The standard InChI is InChI=1S/C27H28N6/c1-19(33-13-11-32(3)12-14-33)20-5-4-6-22(15-20)27-24-16-21(7-9-25(24)30-18-31-27)23-8-10-26(28-2)29-17-23/h4-10,15-18H,1,11-14H2,2-3H3,(H,28,29). The van der Waals surface area contributed by atoms with Crippen molar-refractivity contribution in [1.29, 1.82) is 0 Å². The summed E-state index contributed by atoms with van der Waals surface area (Å²) in [6.45, 7) is 8.52. The van der Waals surface area contributed by atoms with E-state index >= 15 is 0 Å². The Bertz CT molecular complexity index is 1290. The first-order valence-electron chi connectivity index (χ1n) is 11.2. The van der Waals surface area contributed by atoms with Gasteiger partial charge in [0.25, 0.3) is 0 Å². The number of fused-ring (bicyclic) bond motifs is 1. The number of hydrogen-bond donors (Lipinski definition) is 1. The van der Waals surface area contributed by atoms with Crippen LogP contribution in [0, 0.1) is 0 Å². The van der Waals surface area contributed by atoms with Gasteiger partial charge < -0.3 is 15.1 Å². The predicted octanol–water partition coefficient (Wildman–Crippen LogP) is 4.62. The molecule has 0 radical (unpaired) electrons. The van der Waals surface area contributed by atoms with Crippen LogP contribution in [-0.2, 0) is 0 Å². The van der Waals surface area contributed by atoms with Crippen LogP contribution in [0.4, 0.5) is 5.82 Å². The van der Waals surface area contributed by atoms with Gasteiger partial charge in [-0.1, -0.05) is 30.8 Å². The number of aromatic nitrogens is 3. The summed E-state index contributed by atoms with van der Waals surface area (Å²) >= 11 is 0. The van der Waals surface area contributed by atoms with E-state index in [0.717, 1.165) is 76.5 Å². The van der Waals surface area contributed by atoms with Gasteiger partial charge >= 0.3 is 0 Å². The molecule has 0 bridgehead atoms. The van der Waals surface area contributed by atoms with Crippen molar-refractivity contribution in [3.8, 4) is 22.4 Å². The van der Waals surface area contributed by atoms with Crippen molar-refractivity contribution >= 4 is 22.4 Å². The minimum atomic E-state index is 0.848. The van der Waals surface area contributed by atoms with Gasteiger partial charge in [0.15, 0.2) is 0 Å². The molecule has 0 unspecified atom stereocenters. The van der Waals surface area contributed by atoms with Crippen molar-refractivity contribution in [3.63, 3.8) is 0 Å². The number of piperazine rings is 1. The Morgan fingerprint density at radius 3 is 2.45 bits per heavy atom. The van der Waals surface area contributed by atoms with Crippen LogP contribution in [0.5, 0.6) is 0 Å². The molecule has 2 aromatic carbocycles. The molecule has 1 saturated heterocycles. The smallest absolute Gasteiger partial charge is 0.125 e. The highest BCUT2D eigenvalue weighted by Crippen LogP contribution is 2.31. The maximum atomic E-state index is 4.68. The number of nitrogens with zero attached hydrogens (tertiary/aromatic N) is 5.